The van der Waals surface area contributed by atoms with Crippen LogP contribution in [0.2, 0.25) is 0 Å². The molecule has 2 heterocycles. The van der Waals surface area contributed by atoms with Gasteiger partial charge in [0.25, 0.3) is 5.56 Å². The summed E-state index contributed by atoms with van der Waals surface area (Å²) in [7, 11) is 0. The fourth-order valence-electron chi connectivity index (χ4n) is 2.98. The lowest BCUT2D eigenvalue weighted by atomic mass is 10.0. The van der Waals surface area contributed by atoms with Gasteiger partial charge in [-0.2, -0.15) is 0 Å². The third-order valence-corrected chi connectivity index (χ3v) is 4.32. The summed E-state index contributed by atoms with van der Waals surface area (Å²) in [6, 6.07) is 0.898. The number of aromatic nitrogens is 2. The summed E-state index contributed by atoms with van der Waals surface area (Å²) in [6.07, 6.45) is 9.59. The molecule has 1 unspecified atom stereocenters. The summed E-state index contributed by atoms with van der Waals surface area (Å²) in [5, 5.41) is 3.54. The van der Waals surface area contributed by atoms with Crippen LogP contribution in [0.25, 0.3) is 0 Å². The molecular formula is C15H24N4O. The third-order valence-electron chi connectivity index (χ3n) is 4.32. The van der Waals surface area contributed by atoms with Crippen molar-refractivity contribution < 1.29 is 0 Å². The zero-order valence-electron chi connectivity index (χ0n) is 12.2. The van der Waals surface area contributed by atoms with Crippen LogP contribution in [0.3, 0.4) is 0 Å². The van der Waals surface area contributed by atoms with E-state index in [2.05, 4.69) is 22.1 Å². The fraction of sp³-hybridized carbons (Fsp3) is 0.733. The second-order valence-corrected chi connectivity index (χ2v) is 5.88. The monoisotopic (exact) mass is 276 g/mol. The number of rotatable bonds is 5. The molecule has 0 aromatic carbocycles. The number of nitrogens with one attached hydrogen (secondary N) is 1. The van der Waals surface area contributed by atoms with E-state index in [1.165, 1.54) is 19.3 Å². The lowest BCUT2D eigenvalue weighted by Gasteiger charge is -2.30. The number of anilines is 1. The minimum atomic E-state index is 0.0765. The Hall–Kier alpha value is -1.36. The predicted molar refractivity (Wildman–Crippen MR) is 80.3 cm³/mol. The number of hydrogen-bond acceptors (Lipinski definition) is 4. The van der Waals surface area contributed by atoms with Crippen LogP contribution in [0.5, 0.6) is 0 Å². The number of hydrogen-bond donors (Lipinski definition) is 1. The van der Waals surface area contributed by atoms with E-state index in [0.717, 1.165) is 32.5 Å². The van der Waals surface area contributed by atoms with Gasteiger partial charge in [0.05, 0.1) is 0 Å². The highest BCUT2D eigenvalue weighted by atomic mass is 16.1. The summed E-state index contributed by atoms with van der Waals surface area (Å²) in [6.45, 7) is 4.90. The lowest BCUT2D eigenvalue weighted by Crippen LogP contribution is -2.45. The van der Waals surface area contributed by atoms with Crippen LogP contribution in [-0.2, 0) is 0 Å². The van der Waals surface area contributed by atoms with Gasteiger partial charge in [0.2, 0.25) is 0 Å². The van der Waals surface area contributed by atoms with Crippen molar-refractivity contribution in [2.24, 2.45) is 0 Å². The Balaban J connectivity index is 1.78. The molecule has 1 aliphatic heterocycles. The van der Waals surface area contributed by atoms with Crippen LogP contribution in [0.15, 0.2) is 17.2 Å². The molecule has 20 heavy (non-hydrogen) atoms. The van der Waals surface area contributed by atoms with Crippen LogP contribution in [-0.4, -0.2) is 35.2 Å². The van der Waals surface area contributed by atoms with E-state index >= 15 is 0 Å². The van der Waals surface area contributed by atoms with E-state index in [9.17, 15) is 4.79 Å². The molecule has 1 aliphatic carbocycles. The zero-order valence-corrected chi connectivity index (χ0v) is 12.2. The molecule has 0 amide bonds. The SMILES string of the molecule is CCN(CC1CCCCN1)c1nccn(C2CC2)c1=O. The average molecular weight is 276 g/mol. The first-order valence-corrected chi connectivity index (χ1v) is 7.85. The van der Waals surface area contributed by atoms with E-state index in [0.29, 0.717) is 17.9 Å². The molecule has 5 heteroatoms. The molecule has 0 bridgehead atoms. The maximum Gasteiger partial charge on any atom is 0.293 e. The maximum absolute atomic E-state index is 12.5. The van der Waals surface area contributed by atoms with Crippen molar-refractivity contribution in [2.75, 3.05) is 24.5 Å². The maximum atomic E-state index is 12.5. The summed E-state index contributed by atoms with van der Waals surface area (Å²) in [5.41, 5.74) is 0.0765. The van der Waals surface area contributed by atoms with Gasteiger partial charge in [-0.05, 0) is 39.2 Å². The normalized spacial score (nSPS) is 22.8. The smallest absolute Gasteiger partial charge is 0.293 e. The first kappa shape index (κ1) is 13.6. The van der Waals surface area contributed by atoms with E-state index in [4.69, 9.17) is 0 Å². The van der Waals surface area contributed by atoms with Crippen LogP contribution in [0, 0.1) is 0 Å². The number of piperidine rings is 1. The molecule has 1 aromatic rings. The standard InChI is InChI=1S/C15H24N4O/c1-2-18(11-12-5-3-4-8-16-12)14-15(20)19(10-9-17-14)13-6-7-13/h9-10,12-13,16H,2-8,11H2,1H3. The third kappa shape index (κ3) is 2.87. The average Bonchev–Trinajstić information content (AvgIpc) is 3.31. The molecule has 5 nitrogen and oxygen atoms in total. The first-order valence-electron chi connectivity index (χ1n) is 7.85. The van der Waals surface area contributed by atoms with Crippen molar-refractivity contribution in [3.63, 3.8) is 0 Å². The van der Waals surface area contributed by atoms with Gasteiger partial charge in [0, 0.05) is 37.6 Å². The van der Waals surface area contributed by atoms with E-state index in [1.807, 2.05) is 10.8 Å². The molecule has 0 spiro atoms. The van der Waals surface area contributed by atoms with Crippen molar-refractivity contribution in [1.82, 2.24) is 14.9 Å². The Morgan fingerprint density at radius 1 is 1.40 bits per heavy atom. The topological polar surface area (TPSA) is 50.2 Å². The predicted octanol–water partition coefficient (Wildman–Crippen LogP) is 1.55. The van der Waals surface area contributed by atoms with Crippen molar-refractivity contribution >= 4 is 5.82 Å². The van der Waals surface area contributed by atoms with Gasteiger partial charge in [0.1, 0.15) is 0 Å². The Labute approximate surface area is 120 Å². The quantitative estimate of drug-likeness (QED) is 0.886. The second kappa shape index (κ2) is 5.95. The minimum Gasteiger partial charge on any atom is -0.351 e. The van der Waals surface area contributed by atoms with Crippen LogP contribution in [0.4, 0.5) is 5.82 Å². The highest BCUT2D eigenvalue weighted by molar-refractivity contribution is 5.36. The molecular weight excluding hydrogens is 252 g/mol. The van der Waals surface area contributed by atoms with Crippen LogP contribution in [0.1, 0.15) is 45.1 Å². The Kier molecular flexibility index (Phi) is 4.05. The molecule has 110 valence electrons. The first-order chi connectivity index (χ1) is 9.79. The molecule has 0 radical (unpaired) electrons. The molecule has 1 saturated carbocycles. The minimum absolute atomic E-state index is 0.0765. The lowest BCUT2D eigenvalue weighted by molar-refractivity contribution is 0.399. The second-order valence-electron chi connectivity index (χ2n) is 5.88. The van der Waals surface area contributed by atoms with Crippen LogP contribution < -0.4 is 15.8 Å². The van der Waals surface area contributed by atoms with Gasteiger partial charge in [-0.3, -0.25) is 4.79 Å². The van der Waals surface area contributed by atoms with Gasteiger partial charge in [-0.25, -0.2) is 4.98 Å². The summed E-state index contributed by atoms with van der Waals surface area (Å²) < 4.78 is 1.86. The molecule has 1 atom stereocenters. The van der Waals surface area contributed by atoms with Gasteiger partial charge < -0.3 is 14.8 Å². The molecule has 2 aliphatic rings. The molecule has 1 saturated heterocycles. The Morgan fingerprint density at radius 3 is 2.90 bits per heavy atom. The fourth-order valence-corrected chi connectivity index (χ4v) is 2.98. The molecule has 3 rings (SSSR count). The number of likely N-dealkylation sites (N-methyl/N-ethyl adjacent to an activating group) is 1. The van der Waals surface area contributed by atoms with E-state index in [1.54, 1.807) is 6.20 Å². The van der Waals surface area contributed by atoms with Crippen LogP contribution >= 0.6 is 0 Å². The highest BCUT2D eigenvalue weighted by Crippen LogP contribution is 2.33. The largest absolute Gasteiger partial charge is 0.351 e. The van der Waals surface area contributed by atoms with Gasteiger partial charge in [-0.15, -0.1) is 0 Å². The van der Waals surface area contributed by atoms with Gasteiger partial charge in [-0.1, -0.05) is 6.42 Å². The summed E-state index contributed by atoms with van der Waals surface area (Å²) >= 11 is 0. The zero-order chi connectivity index (χ0) is 13.9. The Morgan fingerprint density at radius 2 is 2.25 bits per heavy atom. The van der Waals surface area contributed by atoms with Crippen molar-refractivity contribution in [3.05, 3.63) is 22.7 Å². The summed E-state index contributed by atoms with van der Waals surface area (Å²) in [5.74, 6) is 0.620. The molecule has 2 fully saturated rings. The molecule has 1 aromatic heterocycles. The van der Waals surface area contributed by atoms with Gasteiger partial charge >= 0.3 is 0 Å². The highest BCUT2D eigenvalue weighted by Gasteiger charge is 2.26. The molecule has 1 N–H and O–H groups in total. The van der Waals surface area contributed by atoms with E-state index in [-0.39, 0.29) is 5.56 Å². The van der Waals surface area contributed by atoms with Gasteiger partial charge in [0.15, 0.2) is 5.82 Å². The Bertz CT molecular complexity index is 503. The van der Waals surface area contributed by atoms with Crippen molar-refractivity contribution in [1.29, 1.82) is 0 Å². The summed E-state index contributed by atoms with van der Waals surface area (Å²) in [4.78, 5) is 19.0. The van der Waals surface area contributed by atoms with Crippen molar-refractivity contribution in [3.8, 4) is 0 Å². The van der Waals surface area contributed by atoms with E-state index < -0.39 is 0 Å². The number of nitrogens with zero attached hydrogens (tertiary/aromatic N) is 3. The van der Waals surface area contributed by atoms with Crippen molar-refractivity contribution in [2.45, 2.75) is 51.1 Å².